The summed E-state index contributed by atoms with van der Waals surface area (Å²) in [5.74, 6) is 0.390. The maximum atomic E-state index is 12.6. The van der Waals surface area contributed by atoms with Crippen molar-refractivity contribution in [3.05, 3.63) is 0 Å². The van der Waals surface area contributed by atoms with E-state index in [4.69, 9.17) is 23.8 Å². The number of carboxylic acids is 2. The van der Waals surface area contributed by atoms with Crippen LogP contribution in [0.25, 0.3) is 0 Å². The minimum Gasteiger partial charge on any atom is -0.481 e. The first-order chi connectivity index (χ1) is 32.6. The molecule has 5 amide bonds. The summed E-state index contributed by atoms with van der Waals surface area (Å²) < 4.78 is 21.4. The number of amides is 5. The van der Waals surface area contributed by atoms with Gasteiger partial charge in [0.25, 0.3) is 0 Å². The minimum atomic E-state index is -1.14. The molecule has 0 aliphatic heterocycles. The summed E-state index contributed by atoms with van der Waals surface area (Å²) in [6.45, 7) is 10.6. The SMILES string of the molecule is CCC(=O)NCCCC[C@H](NC(=O)COCCOCCNC(=O)COCCOCCNC(=O)CCC(=O)NO[C@H]1CC[C@]2(C)C3CC[C@@]4(C)C(CC[C@@H]4C(C)CCC(=O)O)[C@@H]3CC[C@@H]2C1)C(=O)O. The summed E-state index contributed by atoms with van der Waals surface area (Å²) in [5, 5.41) is 29.2. The van der Waals surface area contributed by atoms with Gasteiger partial charge in [0.05, 0.1) is 45.7 Å². The molecule has 388 valence electrons. The predicted octanol–water partition coefficient (Wildman–Crippen LogP) is 3.91. The van der Waals surface area contributed by atoms with Gasteiger partial charge in [0.15, 0.2) is 0 Å². The molecule has 4 aliphatic carbocycles. The Morgan fingerprint density at radius 3 is 1.91 bits per heavy atom. The minimum absolute atomic E-state index is 0.0145. The number of hydroxylamine groups is 1. The maximum Gasteiger partial charge on any atom is 0.326 e. The van der Waals surface area contributed by atoms with Gasteiger partial charge in [-0.15, -0.1) is 0 Å². The molecule has 0 aromatic heterocycles. The second-order valence-electron chi connectivity index (χ2n) is 20.0. The van der Waals surface area contributed by atoms with Crippen LogP contribution in [0, 0.1) is 46.3 Å². The van der Waals surface area contributed by atoms with E-state index in [1.165, 1.54) is 38.5 Å². The molecule has 4 rings (SSSR count). The maximum absolute atomic E-state index is 12.6. The topological polar surface area (TPSA) is 266 Å². The van der Waals surface area contributed by atoms with Crippen molar-refractivity contribution in [2.45, 2.75) is 149 Å². The van der Waals surface area contributed by atoms with Crippen molar-refractivity contribution in [2.24, 2.45) is 46.3 Å². The van der Waals surface area contributed by atoms with E-state index < -0.39 is 23.9 Å². The third kappa shape index (κ3) is 18.1. The summed E-state index contributed by atoms with van der Waals surface area (Å²) in [4.78, 5) is 89.0. The first-order valence-electron chi connectivity index (χ1n) is 25.4. The molecule has 0 bridgehead atoms. The van der Waals surface area contributed by atoms with Crippen molar-refractivity contribution < 1.29 is 67.6 Å². The van der Waals surface area contributed by atoms with Crippen molar-refractivity contribution in [1.29, 1.82) is 0 Å². The van der Waals surface area contributed by atoms with Crippen molar-refractivity contribution >= 4 is 41.5 Å². The van der Waals surface area contributed by atoms with Crippen LogP contribution in [0.3, 0.4) is 0 Å². The van der Waals surface area contributed by atoms with E-state index in [0.717, 1.165) is 37.5 Å². The van der Waals surface area contributed by atoms with Gasteiger partial charge in [-0.3, -0.25) is 33.6 Å². The Hall–Kier alpha value is -3.91. The number of fused-ring (bicyclic) bond motifs is 5. The van der Waals surface area contributed by atoms with Crippen LogP contribution in [0.1, 0.15) is 137 Å². The van der Waals surface area contributed by atoms with Gasteiger partial charge in [-0.25, -0.2) is 10.3 Å². The number of unbranched alkanes of at least 4 members (excludes halogenated alkanes) is 1. The molecule has 4 fully saturated rings. The second-order valence-corrected chi connectivity index (χ2v) is 20.0. The first kappa shape index (κ1) is 56.7. The van der Waals surface area contributed by atoms with E-state index >= 15 is 0 Å². The van der Waals surface area contributed by atoms with Gasteiger partial charge < -0.3 is 50.4 Å². The van der Waals surface area contributed by atoms with Gasteiger partial charge in [0.1, 0.15) is 19.3 Å². The summed E-state index contributed by atoms with van der Waals surface area (Å²) in [6, 6.07) is -1.05. The number of carboxylic acid groups (broad SMARTS) is 2. The van der Waals surface area contributed by atoms with E-state index in [2.05, 4.69) is 47.5 Å². The fourth-order valence-electron chi connectivity index (χ4n) is 12.0. The Kier molecular flexibility index (Phi) is 24.4. The largest absolute Gasteiger partial charge is 0.481 e. The molecule has 0 radical (unpaired) electrons. The lowest BCUT2D eigenvalue weighted by atomic mass is 9.44. The van der Waals surface area contributed by atoms with Crippen LogP contribution in [0.15, 0.2) is 0 Å². The molecule has 68 heavy (non-hydrogen) atoms. The monoisotopic (exact) mass is 966 g/mol. The third-order valence-electron chi connectivity index (χ3n) is 15.7. The highest BCUT2D eigenvalue weighted by atomic mass is 16.7. The molecule has 0 aromatic rings. The van der Waals surface area contributed by atoms with Crippen LogP contribution in [0.4, 0.5) is 0 Å². The molecule has 3 unspecified atom stereocenters. The Morgan fingerprint density at radius 1 is 0.618 bits per heavy atom. The molecule has 19 nitrogen and oxygen atoms in total. The van der Waals surface area contributed by atoms with E-state index in [-0.39, 0.29) is 127 Å². The standard InChI is InChI=1S/C49H83N5O14/c1-5-41(55)50-21-7-6-8-40(47(62)63)53-45(59)32-67-29-27-65-25-23-52-44(58)31-66-28-26-64-24-22-51-42(56)14-15-43(57)54-68-35-17-19-48(3)34(30-35)10-11-36-38-13-12-37(33(2)9-16-46(60)61)49(38,4)20-18-39(36)48/h33-40H,5-32H2,1-4H3,(H,50,55)(H,51,56)(H,52,58)(H,53,59)(H,54,57)(H,60,61)(H,62,63)/t33?,34-,35+,36+,37-,38?,39?,40+,48+,49-/m1/s1. The van der Waals surface area contributed by atoms with Gasteiger partial charge in [-0.2, -0.15) is 0 Å². The van der Waals surface area contributed by atoms with Crippen LogP contribution in [0.5, 0.6) is 0 Å². The molecule has 10 atom stereocenters. The van der Waals surface area contributed by atoms with Crippen molar-refractivity contribution in [1.82, 2.24) is 26.7 Å². The van der Waals surface area contributed by atoms with E-state index in [0.29, 0.717) is 54.9 Å². The molecule has 0 spiro atoms. The predicted molar refractivity (Wildman–Crippen MR) is 250 cm³/mol. The van der Waals surface area contributed by atoms with Crippen molar-refractivity contribution in [2.75, 3.05) is 72.5 Å². The van der Waals surface area contributed by atoms with Crippen LogP contribution in [-0.4, -0.2) is 136 Å². The van der Waals surface area contributed by atoms with Gasteiger partial charge >= 0.3 is 11.9 Å². The fraction of sp³-hybridized carbons (Fsp3) is 0.857. The Bertz CT molecular complexity index is 1640. The molecule has 0 saturated heterocycles. The first-order valence-corrected chi connectivity index (χ1v) is 25.4. The number of carbonyl (C=O) groups is 7. The summed E-state index contributed by atoms with van der Waals surface area (Å²) in [6.07, 6.45) is 13.1. The molecular weight excluding hydrogens is 883 g/mol. The van der Waals surface area contributed by atoms with Crippen LogP contribution >= 0.6 is 0 Å². The lowest BCUT2D eigenvalue weighted by Crippen LogP contribution is -2.54. The lowest BCUT2D eigenvalue weighted by molar-refractivity contribution is -0.159. The Balaban J connectivity index is 0.936. The van der Waals surface area contributed by atoms with Gasteiger partial charge in [-0.05, 0) is 130 Å². The number of hydrogen-bond acceptors (Lipinski definition) is 12. The van der Waals surface area contributed by atoms with Crippen LogP contribution in [-0.2, 0) is 57.3 Å². The molecule has 7 N–H and O–H groups in total. The number of ether oxygens (including phenoxy) is 4. The van der Waals surface area contributed by atoms with Crippen molar-refractivity contribution in [3.63, 3.8) is 0 Å². The van der Waals surface area contributed by atoms with E-state index in [1.807, 2.05) is 0 Å². The van der Waals surface area contributed by atoms with Crippen molar-refractivity contribution in [3.8, 4) is 0 Å². The quantitative estimate of drug-likeness (QED) is 0.0364. The molecule has 4 aliphatic rings. The number of carbonyl (C=O) groups excluding carboxylic acids is 5. The zero-order valence-corrected chi connectivity index (χ0v) is 41.2. The number of hydrogen-bond donors (Lipinski definition) is 7. The van der Waals surface area contributed by atoms with E-state index in [9.17, 15) is 43.8 Å². The second kappa shape index (κ2) is 29.3. The summed E-state index contributed by atoms with van der Waals surface area (Å²) in [5.41, 5.74) is 3.20. The van der Waals surface area contributed by atoms with Gasteiger partial charge in [0, 0.05) is 45.3 Å². The van der Waals surface area contributed by atoms with E-state index in [1.54, 1.807) is 6.92 Å². The zero-order valence-electron chi connectivity index (χ0n) is 41.2. The normalized spacial score (nSPS) is 27.1. The molecule has 19 heteroatoms. The average Bonchev–Trinajstić information content (AvgIpc) is 3.67. The molecular formula is C49H83N5O14. The zero-order chi connectivity index (χ0) is 49.5. The van der Waals surface area contributed by atoms with Crippen LogP contribution < -0.4 is 26.7 Å². The molecule has 0 heterocycles. The van der Waals surface area contributed by atoms with Crippen LogP contribution in [0.2, 0.25) is 0 Å². The average molecular weight is 966 g/mol. The Morgan fingerprint density at radius 2 is 1.24 bits per heavy atom. The molecule has 0 aromatic carbocycles. The number of rotatable bonds is 33. The Labute approximate surface area is 402 Å². The lowest BCUT2D eigenvalue weighted by Gasteiger charge is -2.61. The number of nitrogens with one attached hydrogen (secondary N) is 5. The summed E-state index contributed by atoms with van der Waals surface area (Å²) in [7, 11) is 0. The highest BCUT2D eigenvalue weighted by Crippen LogP contribution is 2.68. The van der Waals surface area contributed by atoms with Gasteiger partial charge in [0.2, 0.25) is 29.5 Å². The third-order valence-corrected chi connectivity index (χ3v) is 15.7. The smallest absolute Gasteiger partial charge is 0.326 e. The fourth-order valence-corrected chi connectivity index (χ4v) is 12.0. The molecule has 4 saturated carbocycles. The van der Waals surface area contributed by atoms with Gasteiger partial charge in [-0.1, -0.05) is 27.7 Å². The summed E-state index contributed by atoms with van der Waals surface area (Å²) >= 11 is 0. The highest BCUT2D eigenvalue weighted by molar-refractivity contribution is 5.84. The number of aliphatic carboxylic acids is 2. The highest BCUT2D eigenvalue weighted by Gasteiger charge is 2.60.